The van der Waals surface area contributed by atoms with Gasteiger partial charge in [0.25, 0.3) is 11.5 Å². The van der Waals surface area contributed by atoms with Gasteiger partial charge in [0, 0.05) is 31.7 Å². The molecule has 0 saturated heterocycles. The number of carbonyl (C=O) groups excluding carboxylic acids is 1. The van der Waals surface area contributed by atoms with Crippen molar-refractivity contribution in [3.05, 3.63) is 57.1 Å². The van der Waals surface area contributed by atoms with Gasteiger partial charge in [0.05, 0.1) is 5.56 Å². The smallest absolute Gasteiger partial charge is 0.330 e. The normalized spacial score (nSPS) is 11.5. The van der Waals surface area contributed by atoms with Crippen LogP contribution in [0.25, 0.3) is 5.65 Å². The summed E-state index contributed by atoms with van der Waals surface area (Å²) in [5.41, 5.74) is 6.07. The lowest BCUT2D eigenvalue weighted by Crippen LogP contribution is -2.43. The van der Waals surface area contributed by atoms with Crippen LogP contribution in [0.15, 0.2) is 40.3 Å². The van der Waals surface area contributed by atoms with E-state index in [1.807, 2.05) is 27.7 Å². The molecular weight excluding hydrogens is 372 g/mol. The average molecular weight is 398 g/mol. The molecule has 3 aromatic rings. The number of nitrogens with one attached hydrogen (secondary N) is 1. The van der Waals surface area contributed by atoms with Gasteiger partial charge in [-0.25, -0.2) is 9.78 Å². The van der Waals surface area contributed by atoms with Gasteiger partial charge in [-0.2, -0.15) is 0 Å². The number of nitrogen functional groups attached to an aromatic ring is 1. The summed E-state index contributed by atoms with van der Waals surface area (Å²) in [6, 6.07) is 3.39. The van der Waals surface area contributed by atoms with Crippen molar-refractivity contribution in [2.45, 2.75) is 34.2 Å². The Morgan fingerprint density at radius 3 is 2.59 bits per heavy atom. The fourth-order valence-corrected chi connectivity index (χ4v) is 3.23. The van der Waals surface area contributed by atoms with Gasteiger partial charge >= 0.3 is 5.69 Å². The fraction of sp³-hybridized carbons (Fsp3) is 0.400. The fourth-order valence-electron chi connectivity index (χ4n) is 3.23. The molecule has 9 nitrogen and oxygen atoms in total. The Morgan fingerprint density at radius 2 is 1.93 bits per heavy atom. The standard InChI is InChI=1S/C20H26N6O3/c1-12(2)9-25(19(28)14-5-6-15-22-7-8-24(15)11-14)16-17(21)26(10-13(3)4)20(29)23-18(16)27/h5-8,11-13H,9-10,21H2,1-4H3,(H,23,27,29). The molecule has 154 valence electrons. The van der Waals surface area contributed by atoms with E-state index in [1.165, 1.54) is 9.47 Å². The van der Waals surface area contributed by atoms with Crippen LogP contribution in [0.5, 0.6) is 0 Å². The molecule has 0 saturated carbocycles. The lowest BCUT2D eigenvalue weighted by atomic mass is 10.1. The van der Waals surface area contributed by atoms with Gasteiger partial charge in [-0.1, -0.05) is 27.7 Å². The van der Waals surface area contributed by atoms with Gasteiger partial charge < -0.3 is 15.0 Å². The van der Waals surface area contributed by atoms with Gasteiger partial charge in [-0.3, -0.25) is 19.1 Å². The van der Waals surface area contributed by atoms with Gasteiger partial charge in [-0.05, 0) is 24.0 Å². The number of imidazole rings is 1. The van der Waals surface area contributed by atoms with E-state index < -0.39 is 11.2 Å². The number of hydrogen-bond donors (Lipinski definition) is 2. The van der Waals surface area contributed by atoms with Crippen LogP contribution in [-0.4, -0.2) is 31.4 Å². The van der Waals surface area contributed by atoms with Crippen LogP contribution >= 0.6 is 0 Å². The maximum Gasteiger partial charge on any atom is 0.330 e. The van der Waals surface area contributed by atoms with Crippen LogP contribution in [0, 0.1) is 11.8 Å². The maximum atomic E-state index is 13.4. The van der Waals surface area contributed by atoms with Gasteiger partial charge in [-0.15, -0.1) is 0 Å². The van der Waals surface area contributed by atoms with Crippen molar-refractivity contribution in [2.24, 2.45) is 11.8 Å². The number of H-pyrrole nitrogens is 1. The Hall–Kier alpha value is -3.36. The van der Waals surface area contributed by atoms with Crippen molar-refractivity contribution in [1.82, 2.24) is 18.9 Å². The molecule has 0 aromatic carbocycles. The first kappa shape index (κ1) is 20.4. The van der Waals surface area contributed by atoms with E-state index in [0.717, 1.165) is 0 Å². The Balaban J connectivity index is 2.15. The minimum Gasteiger partial charge on any atom is -0.383 e. The molecule has 0 fully saturated rings. The third-order valence-corrected chi connectivity index (χ3v) is 4.46. The summed E-state index contributed by atoms with van der Waals surface area (Å²) in [7, 11) is 0. The molecule has 1 amide bonds. The first-order chi connectivity index (χ1) is 13.7. The first-order valence-corrected chi connectivity index (χ1v) is 9.56. The second-order valence-corrected chi connectivity index (χ2v) is 7.92. The van der Waals surface area contributed by atoms with Crippen molar-refractivity contribution >= 4 is 23.1 Å². The van der Waals surface area contributed by atoms with Crippen molar-refractivity contribution in [2.75, 3.05) is 17.2 Å². The summed E-state index contributed by atoms with van der Waals surface area (Å²) in [4.78, 5) is 46.1. The number of hydrogen-bond acceptors (Lipinski definition) is 5. The number of nitrogens with two attached hydrogens (primary N) is 1. The summed E-state index contributed by atoms with van der Waals surface area (Å²) >= 11 is 0. The predicted molar refractivity (Wildman–Crippen MR) is 112 cm³/mol. The molecule has 0 bridgehead atoms. The lowest BCUT2D eigenvalue weighted by Gasteiger charge is -2.26. The van der Waals surface area contributed by atoms with Gasteiger partial charge in [0.1, 0.15) is 11.5 Å². The third-order valence-electron chi connectivity index (χ3n) is 4.46. The number of aromatic nitrogens is 4. The predicted octanol–water partition coefficient (Wildman–Crippen LogP) is 1.73. The minimum absolute atomic E-state index is 0.00493. The molecule has 9 heteroatoms. The van der Waals surface area contributed by atoms with E-state index in [1.54, 1.807) is 35.1 Å². The van der Waals surface area contributed by atoms with Crippen LogP contribution in [0.4, 0.5) is 11.5 Å². The van der Waals surface area contributed by atoms with Crippen molar-refractivity contribution in [1.29, 1.82) is 0 Å². The zero-order chi connectivity index (χ0) is 21.3. The molecule has 3 aromatic heterocycles. The number of anilines is 2. The van der Waals surface area contributed by atoms with Crippen LogP contribution in [-0.2, 0) is 6.54 Å². The second-order valence-electron chi connectivity index (χ2n) is 7.92. The first-order valence-electron chi connectivity index (χ1n) is 9.56. The zero-order valence-electron chi connectivity index (χ0n) is 17.0. The molecule has 29 heavy (non-hydrogen) atoms. The molecular formula is C20H26N6O3. The lowest BCUT2D eigenvalue weighted by molar-refractivity contribution is 0.0983. The highest BCUT2D eigenvalue weighted by Gasteiger charge is 2.26. The summed E-state index contributed by atoms with van der Waals surface area (Å²) in [6.07, 6.45) is 5.04. The molecule has 0 spiro atoms. The highest BCUT2D eigenvalue weighted by molar-refractivity contribution is 6.07. The Morgan fingerprint density at radius 1 is 1.21 bits per heavy atom. The van der Waals surface area contributed by atoms with Crippen molar-refractivity contribution < 1.29 is 4.79 Å². The van der Waals surface area contributed by atoms with E-state index >= 15 is 0 Å². The van der Waals surface area contributed by atoms with E-state index in [-0.39, 0.29) is 35.8 Å². The number of nitrogens with zero attached hydrogens (tertiary/aromatic N) is 4. The van der Waals surface area contributed by atoms with Crippen LogP contribution in [0.3, 0.4) is 0 Å². The summed E-state index contributed by atoms with van der Waals surface area (Å²) in [5, 5.41) is 0. The number of carbonyl (C=O) groups is 1. The van der Waals surface area contributed by atoms with Crippen LogP contribution < -0.4 is 21.9 Å². The monoisotopic (exact) mass is 398 g/mol. The molecule has 0 atom stereocenters. The van der Waals surface area contributed by atoms with Gasteiger partial charge in [0.2, 0.25) is 0 Å². The number of fused-ring (bicyclic) bond motifs is 1. The molecule has 0 aliphatic rings. The Labute approximate surface area is 167 Å². The Kier molecular flexibility index (Phi) is 5.58. The molecule has 3 rings (SSSR count). The SMILES string of the molecule is CC(C)CN(C(=O)c1ccc2nccn2c1)c1c(N)n(CC(C)C)c(=O)[nH]c1=O. The number of pyridine rings is 1. The third kappa shape index (κ3) is 4.08. The average Bonchev–Trinajstić information content (AvgIpc) is 3.10. The van der Waals surface area contributed by atoms with E-state index in [4.69, 9.17) is 5.73 Å². The van der Waals surface area contributed by atoms with Crippen LogP contribution in [0.1, 0.15) is 38.1 Å². The molecule has 0 aliphatic carbocycles. The highest BCUT2D eigenvalue weighted by Crippen LogP contribution is 2.21. The molecule has 0 radical (unpaired) electrons. The summed E-state index contributed by atoms with van der Waals surface area (Å²) in [6.45, 7) is 8.36. The summed E-state index contributed by atoms with van der Waals surface area (Å²) < 4.78 is 3.04. The largest absolute Gasteiger partial charge is 0.383 e. The number of rotatable bonds is 6. The molecule has 0 unspecified atom stereocenters. The van der Waals surface area contributed by atoms with Crippen LogP contribution in [0.2, 0.25) is 0 Å². The maximum absolute atomic E-state index is 13.4. The molecule has 3 heterocycles. The quantitative estimate of drug-likeness (QED) is 0.655. The van der Waals surface area contributed by atoms with E-state index in [2.05, 4.69) is 9.97 Å². The molecule has 3 N–H and O–H groups in total. The topological polar surface area (TPSA) is 118 Å². The zero-order valence-corrected chi connectivity index (χ0v) is 17.0. The number of amides is 1. The number of aromatic amines is 1. The summed E-state index contributed by atoms with van der Waals surface area (Å²) in [5.74, 6) is -0.182. The van der Waals surface area contributed by atoms with Crippen molar-refractivity contribution in [3.8, 4) is 0 Å². The van der Waals surface area contributed by atoms with Gasteiger partial charge in [0.15, 0.2) is 5.69 Å². The van der Waals surface area contributed by atoms with E-state index in [0.29, 0.717) is 17.8 Å². The minimum atomic E-state index is -0.676. The van der Waals surface area contributed by atoms with E-state index in [9.17, 15) is 14.4 Å². The Bertz CT molecular complexity index is 1150. The second kappa shape index (κ2) is 7.94. The highest BCUT2D eigenvalue weighted by atomic mass is 16.2. The van der Waals surface area contributed by atoms with Crippen molar-refractivity contribution in [3.63, 3.8) is 0 Å². The molecule has 0 aliphatic heterocycles.